The van der Waals surface area contributed by atoms with Crippen molar-refractivity contribution in [3.8, 4) is 11.3 Å². The lowest BCUT2D eigenvalue weighted by Gasteiger charge is -2.20. The number of carbonyl (C=O) groups excluding carboxylic acids is 1. The maximum absolute atomic E-state index is 13.5. The molecule has 1 aromatic heterocycles. The third-order valence-electron chi connectivity index (χ3n) is 4.93. The van der Waals surface area contributed by atoms with Gasteiger partial charge in [0.25, 0.3) is 0 Å². The van der Waals surface area contributed by atoms with Gasteiger partial charge >= 0.3 is 0 Å². The molecule has 0 radical (unpaired) electrons. The minimum atomic E-state index is -3.63. The van der Waals surface area contributed by atoms with Crippen molar-refractivity contribution in [3.63, 3.8) is 0 Å². The summed E-state index contributed by atoms with van der Waals surface area (Å²) in [6.07, 6.45) is 1.99. The molecule has 2 rings (SSSR count). The predicted molar refractivity (Wildman–Crippen MR) is 132 cm³/mol. The van der Waals surface area contributed by atoms with Crippen LogP contribution in [-0.4, -0.2) is 59.9 Å². The van der Waals surface area contributed by atoms with E-state index in [2.05, 4.69) is 9.97 Å². The molecule has 1 aromatic carbocycles. The number of aliphatic hydroxyl groups excluding tert-OH is 2. The number of benzene rings is 1. The zero-order chi connectivity index (χ0) is 24.9. The lowest BCUT2D eigenvalue weighted by Crippen LogP contribution is -2.27. The molecular formula is C24H34FN3O5S. The second-order valence-electron chi connectivity index (χ2n) is 8.29. The van der Waals surface area contributed by atoms with Crippen LogP contribution in [0.25, 0.3) is 17.3 Å². The maximum atomic E-state index is 13.5. The number of hydrogen-bond acceptors (Lipinski definition) is 7. The van der Waals surface area contributed by atoms with Crippen molar-refractivity contribution in [2.75, 3.05) is 17.6 Å². The fourth-order valence-corrected chi connectivity index (χ4v) is 3.55. The topological polar surface area (TPSA) is 121 Å². The Kier molecular flexibility index (Phi) is 10.5. The van der Waals surface area contributed by atoms with E-state index in [1.165, 1.54) is 44.3 Å². The van der Waals surface area contributed by atoms with Gasteiger partial charge in [0.15, 0.2) is 0 Å². The van der Waals surface area contributed by atoms with Crippen LogP contribution in [0.2, 0.25) is 0 Å². The molecular weight excluding hydrogens is 461 g/mol. The molecule has 8 nitrogen and oxygen atoms in total. The summed E-state index contributed by atoms with van der Waals surface area (Å²) >= 11 is 0. The van der Waals surface area contributed by atoms with Crippen LogP contribution in [0.1, 0.15) is 58.2 Å². The summed E-state index contributed by atoms with van der Waals surface area (Å²) in [6.45, 7) is 5.12. The number of aliphatic hydroxyl groups is 2. The van der Waals surface area contributed by atoms with Crippen LogP contribution in [-0.2, 0) is 14.8 Å². The second-order valence-corrected chi connectivity index (χ2v) is 10.3. The molecule has 188 valence electrons. The van der Waals surface area contributed by atoms with Gasteiger partial charge in [-0.25, -0.2) is 27.1 Å². The Morgan fingerprint density at radius 3 is 2.26 bits per heavy atom. The number of sulfonamides is 1. The van der Waals surface area contributed by atoms with Gasteiger partial charge < -0.3 is 10.2 Å². The number of rotatable bonds is 10. The van der Waals surface area contributed by atoms with Crippen LogP contribution in [0.4, 0.5) is 10.3 Å². The van der Waals surface area contributed by atoms with Gasteiger partial charge in [0.05, 0.1) is 29.9 Å². The first-order valence-corrected chi connectivity index (χ1v) is 12.3. The number of Topliss-reactive ketones (excluding diaryl/α,β-unsaturated/α-hetero) is 1. The van der Waals surface area contributed by atoms with Crippen molar-refractivity contribution in [2.45, 2.75) is 59.2 Å². The summed E-state index contributed by atoms with van der Waals surface area (Å²) in [7, 11) is -2.28. The van der Waals surface area contributed by atoms with Gasteiger partial charge in [0.2, 0.25) is 16.0 Å². The average Bonchev–Trinajstić information content (AvgIpc) is 2.70. The van der Waals surface area contributed by atoms with Gasteiger partial charge in [-0.15, -0.1) is 0 Å². The first-order valence-electron chi connectivity index (χ1n) is 10.4. The predicted octanol–water partition coefficient (Wildman–Crippen LogP) is 3.54. The molecule has 0 aliphatic rings. The van der Waals surface area contributed by atoms with Gasteiger partial charge in [-0.05, 0) is 37.1 Å². The zero-order valence-electron chi connectivity index (χ0n) is 19.4. The van der Waals surface area contributed by atoms with Gasteiger partial charge in [-0.3, -0.25) is 4.79 Å². The van der Waals surface area contributed by atoms with E-state index in [1.807, 2.05) is 13.8 Å². The Bertz CT molecular complexity index is 1120. The molecule has 0 spiro atoms. The minimum Gasteiger partial charge on any atom is -0.393 e. The fourth-order valence-electron chi connectivity index (χ4n) is 3.18. The van der Waals surface area contributed by atoms with Crippen LogP contribution in [0.3, 0.4) is 0 Å². The zero-order valence-corrected chi connectivity index (χ0v) is 20.2. The Labute approximate surface area is 201 Å². The van der Waals surface area contributed by atoms with Crippen molar-refractivity contribution in [1.29, 1.82) is 0 Å². The Morgan fingerprint density at radius 2 is 1.76 bits per heavy atom. The first-order chi connectivity index (χ1) is 15.3. The van der Waals surface area contributed by atoms with Crippen molar-refractivity contribution < 1.29 is 27.8 Å². The standard InChI is InChI=1S/C23H30FN3O5S.CH4/c1-14(2)21-20(11-10-18(29)13-19(30)12-15(3)28)22(16-6-8-17(24)9-7-16)26-23(25-21)27(4)33(5,31)32;/h6-11,14,18-19,29-30H,12-13H2,1-5H3;1H4/b11-10+;/t18-,19+;/m1./s1. The summed E-state index contributed by atoms with van der Waals surface area (Å²) < 4.78 is 38.7. The number of halogens is 1. The van der Waals surface area contributed by atoms with E-state index in [0.717, 1.165) is 10.6 Å². The monoisotopic (exact) mass is 495 g/mol. The van der Waals surface area contributed by atoms with E-state index in [-0.39, 0.29) is 37.9 Å². The van der Waals surface area contributed by atoms with Crippen molar-refractivity contribution >= 4 is 27.8 Å². The molecule has 2 atom stereocenters. The van der Waals surface area contributed by atoms with E-state index in [0.29, 0.717) is 22.5 Å². The van der Waals surface area contributed by atoms with Gasteiger partial charge in [0.1, 0.15) is 11.6 Å². The molecule has 0 fully saturated rings. The molecule has 0 saturated heterocycles. The van der Waals surface area contributed by atoms with E-state index in [9.17, 15) is 27.8 Å². The van der Waals surface area contributed by atoms with E-state index >= 15 is 0 Å². The third kappa shape index (κ3) is 7.96. The highest BCUT2D eigenvalue weighted by Crippen LogP contribution is 2.31. The summed E-state index contributed by atoms with van der Waals surface area (Å²) in [5, 5.41) is 20.3. The second kappa shape index (κ2) is 12.1. The normalized spacial score (nSPS) is 13.6. The molecule has 10 heteroatoms. The smallest absolute Gasteiger partial charge is 0.239 e. The lowest BCUT2D eigenvalue weighted by molar-refractivity contribution is -0.119. The summed E-state index contributed by atoms with van der Waals surface area (Å²) in [4.78, 5) is 20.1. The number of aromatic nitrogens is 2. The summed E-state index contributed by atoms with van der Waals surface area (Å²) in [6, 6.07) is 5.59. The molecule has 0 amide bonds. The van der Waals surface area contributed by atoms with Crippen molar-refractivity contribution in [3.05, 3.63) is 47.4 Å². The van der Waals surface area contributed by atoms with Gasteiger partial charge in [-0.1, -0.05) is 33.4 Å². The van der Waals surface area contributed by atoms with Gasteiger partial charge in [-0.2, -0.15) is 0 Å². The molecule has 0 unspecified atom stereocenters. The molecule has 2 N–H and O–H groups in total. The highest BCUT2D eigenvalue weighted by molar-refractivity contribution is 7.92. The Balaban J connectivity index is 0.00000578. The number of carbonyl (C=O) groups is 1. The van der Waals surface area contributed by atoms with E-state index in [4.69, 9.17) is 0 Å². The summed E-state index contributed by atoms with van der Waals surface area (Å²) in [5.74, 6) is -0.787. The lowest BCUT2D eigenvalue weighted by atomic mass is 9.97. The number of ketones is 1. The molecule has 0 aliphatic heterocycles. The van der Waals surface area contributed by atoms with Crippen molar-refractivity contribution in [1.82, 2.24) is 9.97 Å². The minimum absolute atomic E-state index is 0. The van der Waals surface area contributed by atoms with Crippen LogP contribution in [0, 0.1) is 5.82 Å². The average molecular weight is 496 g/mol. The highest BCUT2D eigenvalue weighted by Gasteiger charge is 2.22. The fraction of sp³-hybridized carbons (Fsp3) is 0.458. The molecule has 34 heavy (non-hydrogen) atoms. The third-order valence-corrected chi connectivity index (χ3v) is 6.09. The first kappa shape index (κ1) is 29.3. The van der Waals surface area contributed by atoms with E-state index < -0.39 is 28.0 Å². The van der Waals surface area contributed by atoms with Gasteiger partial charge in [0, 0.05) is 31.0 Å². The Hall–Kier alpha value is -2.69. The quantitative estimate of drug-likeness (QED) is 0.517. The maximum Gasteiger partial charge on any atom is 0.239 e. The molecule has 0 bridgehead atoms. The van der Waals surface area contributed by atoms with E-state index in [1.54, 1.807) is 6.08 Å². The largest absolute Gasteiger partial charge is 0.393 e. The van der Waals surface area contributed by atoms with Crippen LogP contribution < -0.4 is 4.31 Å². The van der Waals surface area contributed by atoms with Crippen molar-refractivity contribution in [2.24, 2.45) is 0 Å². The molecule has 0 aliphatic carbocycles. The molecule has 2 aromatic rings. The molecule has 1 heterocycles. The SMILES string of the molecule is C.CC(=O)C[C@H](O)C[C@H](O)/C=C/c1c(-c2ccc(F)cc2)nc(N(C)S(C)(=O)=O)nc1C(C)C. The molecule has 0 saturated carbocycles. The van der Waals surface area contributed by atoms with Crippen LogP contribution in [0.15, 0.2) is 30.3 Å². The van der Waals surface area contributed by atoms with Crippen LogP contribution in [0.5, 0.6) is 0 Å². The van der Waals surface area contributed by atoms with Crippen LogP contribution >= 0.6 is 0 Å². The number of hydrogen-bond donors (Lipinski definition) is 2. The summed E-state index contributed by atoms with van der Waals surface area (Å²) in [5.41, 5.74) is 1.96. The number of nitrogens with zero attached hydrogens (tertiary/aromatic N) is 3. The number of anilines is 1. The highest BCUT2D eigenvalue weighted by atomic mass is 32.2. The Morgan fingerprint density at radius 1 is 1.18 bits per heavy atom.